The Morgan fingerprint density at radius 3 is 2.32 bits per heavy atom. The first-order valence-electron chi connectivity index (χ1n) is 7.24. The fraction of sp³-hybridized carbons (Fsp3) is 0.158. The third-order valence-corrected chi connectivity index (χ3v) is 3.84. The van der Waals surface area contributed by atoms with Crippen molar-refractivity contribution in [1.29, 1.82) is 0 Å². The first-order valence-corrected chi connectivity index (χ1v) is 7.24. The summed E-state index contributed by atoms with van der Waals surface area (Å²) < 4.78 is 5.37. The van der Waals surface area contributed by atoms with Crippen molar-refractivity contribution >= 4 is 6.09 Å². The van der Waals surface area contributed by atoms with Gasteiger partial charge in [-0.1, -0.05) is 55.1 Å². The fourth-order valence-corrected chi connectivity index (χ4v) is 2.86. The molecule has 3 heteroatoms. The van der Waals surface area contributed by atoms with Crippen LogP contribution in [-0.4, -0.2) is 19.2 Å². The molecule has 2 aromatic carbocycles. The molecule has 0 atom stereocenters. The number of ether oxygens (including phenoxy) is 1. The average Bonchev–Trinajstić information content (AvgIpc) is 2.87. The number of alkyl carbamates (subject to hydrolysis) is 1. The van der Waals surface area contributed by atoms with Crippen molar-refractivity contribution in [2.75, 3.05) is 13.2 Å². The predicted octanol–water partition coefficient (Wildman–Crippen LogP) is 3.87. The lowest BCUT2D eigenvalue weighted by molar-refractivity contribution is 0.144. The summed E-state index contributed by atoms with van der Waals surface area (Å²) in [5.74, 6) is 0.0908. The van der Waals surface area contributed by atoms with Gasteiger partial charge in [0, 0.05) is 12.5 Å². The number of hydrogen-bond acceptors (Lipinski definition) is 2. The van der Waals surface area contributed by atoms with Gasteiger partial charge in [-0.2, -0.15) is 0 Å². The summed E-state index contributed by atoms with van der Waals surface area (Å²) in [7, 11) is 0. The molecule has 1 N–H and O–H groups in total. The van der Waals surface area contributed by atoms with Crippen LogP contribution >= 0.6 is 0 Å². The van der Waals surface area contributed by atoms with Crippen LogP contribution in [0, 0.1) is 0 Å². The van der Waals surface area contributed by atoms with Gasteiger partial charge in [-0.15, -0.1) is 5.73 Å². The van der Waals surface area contributed by atoms with Gasteiger partial charge in [-0.05, 0) is 28.3 Å². The number of amides is 1. The Hall–Kier alpha value is -2.77. The third-order valence-electron chi connectivity index (χ3n) is 3.84. The number of hydrogen-bond donors (Lipinski definition) is 1. The summed E-state index contributed by atoms with van der Waals surface area (Å²) >= 11 is 0. The number of benzene rings is 2. The first kappa shape index (κ1) is 14.2. The second-order valence-electron chi connectivity index (χ2n) is 5.11. The van der Waals surface area contributed by atoms with E-state index in [4.69, 9.17) is 4.74 Å². The molecule has 0 spiro atoms. The van der Waals surface area contributed by atoms with Gasteiger partial charge in [0.25, 0.3) is 0 Å². The average molecular weight is 291 g/mol. The normalized spacial score (nSPS) is 12.0. The largest absolute Gasteiger partial charge is 0.449 e. The van der Waals surface area contributed by atoms with Crippen molar-refractivity contribution in [3.05, 3.63) is 78.0 Å². The molecule has 110 valence electrons. The molecule has 0 fully saturated rings. The Morgan fingerprint density at radius 1 is 1.14 bits per heavy atom. The van der Waals surface area contributed by atoms with Crippen molar-refractivity contribution in [2.24, 2.45) is 0 Å². The standard InChI is InChI=1S/C19H17NO2/c1-2-3-12-20-19(21)22-13-18-16-10-6-4-8-14(16)15-9-5-7-11-17(15)18/h3-11,18H,1,12-13H2,(H,20,21). The van der Waals surface area contributed by atoms with E-state index in [1.165, 1.54) is 22.3 Å². The Kier molecular flexibility index (Phi) is 4.08. The van der Waals surface area contributed by atoms with Crippen LogP contribution in [0.25, 0.3) is 11.1 Å². The van der Waals surface area contributed by atoms with Gasteiger partial charge in [0.2, 0.25) is 0 Å². The van der Waals surface area contributed by atoms with Gasteiger partial charge in [0.1, 0.15) is 6.61 Å². The number of nitrogens with one attached hydrogen (secondary N) is 1. The van der Waals surface area contributed by atoms with Crippen LogP contribution in [0.4, 0.5) is 4.79 Å². The van der Waals surface area contributed by atoms with E-state index < -0.39 is 6.09 Å². The van der Waals surface area contributed by atoms with E-state index in [9.17, 15) is 4.79 Å². The van der Waals surface area contributed by atoms with Gasteiger partial charge in [0.05, 0.1) is 0 Å². The molecule has 0 aliphatic heterocycles. The zero-order chi connectivity index (χ0) is 15.4. The topological polar surface area (TPSA) is 38.3 Å². The molecular weight excluding hydrogens is 274 g/mol. The van der Waals surface area contributed by atoms with Gasteiger partial charge in [-0.3, -0.25) is 0 Å². The van der Waals surface area contributed by atoms with Crippen LogP contribution in [0.5, 0.6) is 0 Å². The monoisotopic (exact) mass is 291 g/mol. The van der Waals surface area contributed by atoms with Crippen molar-refractivity contribution in [3.8, 4) is 11.1 Å². The first-order chi connectivity index (χ1) is 10.8. The SMILES string of the molecule is C=C=CCNC(=O)OCC1c2ccccc2-c2ccccc21. The van der Waals surface area contributed by atoms with Crippen LogP contribution in [0.3, 0.4) is 0 Å². The van der Waals surface area contributed by atoms with E-state index in [2.05, 4.69) is 41.9 Å². The van der Waals surface area contributed by atoms with Crippen LogP contribution < -0.4 is 5.32 Å². The second-order valence-corrected chi connectivity index (χ2v) is 5.11. The highest BCUT2D eigenvalue weighted by atomic mass is 16.5. The molecule has 1 aliphatic rings. The van der Waals surface area contributed by atoms with Gasteiger partial charge in [0.15, 0.2) is 0 Å². The Morgan fingerprint density at radius 2 is 1.73 bits per heavy atom. The maximum atomic E-state index is 11.7. The van der Waals surface area contributed by atoms with Crippen molar-refractivity contribution in [1.82, 2.24) is 5.32 Å². The minimum Gasteiger partial charge on any atom is -0.449 e. The van der Waals surface area contributed by atoms with Gasteiger partial charge < -0.3 is 10.1 Å². The molecule has 0 bridgehead atoms. The lowest BCUT2D eigenvalue weighted by Crippen LogP contribution is -2.26. The molecule has 1 aliphatic carbocycles. The maximum Gasteiger partial charge on any atom is 0.407 e. The zero-order valence-corrected chi connectivity index (χ0v) is 12.2. The molecule has 3 rings (SSSR count). The molecule has 0 radical (unpaired) electrons. The molecule has 2 aromatic rings. The van der Waals surface area contributed by atoms with E-state index >= 15 is 0 Å². The molecule has 0 saturated carbocycles. The lowest BCUT2D eigenvalue weighted by atomic mass is 9.98. The van der Waals surface area contributed by atoms with Crippen molar-refractivity contribution in [3.63, 3.8) is 0 Å². The highest BCUT2D eigenvalue weighted by Gasteiger charge is 2.28. The number of fused-ring (bicyclic) bond motifs is 3. The number of carbonyl (C=O) groups excluding carboxylic acids is 1. The smallest absolute Gasteiger partial charge is 0.407 e. The van der Waals surface area contributed by atoms with E-state index in [1.807, 2.05) is 24.3 Å². The minimum absolute atomic E-state index is 0.0908. The Bertz CT molecular complexity index is 699. The summed E-state index contributed by atoms with van der Waals surface area (Å²) in [6.45, 7) is 4.15. The number of carbonyl (C=O) groups is 1. The highest BCUT2D eigenvalue weighted by molar-refractivity contribution is 5.79. The summed E-state index contributed by atoms with van der Waals surface area (Å²) in [5.41, 5.74) is 7.47. The Labute approximate surface area is 129 Å². The second kappa shape index (κ2) is 6.33. The van der Waals surface area contributed by atoms with Crippen molar-refractivity contribution in [2.45, 2.75) is 5.92 Å². The molecule has 0 heterocycles. The van der Waals surface area contributed by atoms with E-state index in [1.54, 1.807) is 6.08 Å². The highest BCUT2D eigenvalue weighted by Crippen LogP contribution is 2.44. The van der Waals surface area contributed by atoms with Crippen LogP contribution in [0.2, 0.25) is 0 Å². The Balaban J connectivity index is 1.76. The quantitative estimate of drug-likeness (QED) is 0.868. The minimum atomic E-state index is -0.423. The molecule has 22 heavy (non-hydrogen) atoms. The lowest BCUT2D eigenvalue weighted by Gasteiger charge is -2.14. The summed E-state index contributed by atoms with van der Waals surface area (Å²) in [6, 6.07) is 16.5. The number of rotatable bonds is 4. The molecule has 1 amide bonds. The van der Waals surface area contributed by atoms with Crippen LogP contribution in [-0.2, 0) is 4.74 Å². The predicted molar refractivity (Wildman–Crippen MR) is 86.8 cm³/mol. The van der Waals surface area contributed by atoms with E-state index in [-0.39, 0.29) is 5.92 Å². The van der Waals surface area contributed by atoms with Crippen molar-refractivity contribution < 1.29 is 9.53 Å². The summed E-state index contributed by atoms with van der Waals surface area (Å²) in [6.07, 6.45) is 1.22. The summed E-state index contributed by atoms with van der Waals surface area (Å²) in [5, 5.41) is 2.64. The zero-order valence-electron chi connectivity index (χ0n) is 12.2. The molecular formula is C19H17NO2. The molecule has 3 nitrogen and oxygen atoms in total. The maximum absolute atomic E-state index is 11.7. The summed E-state index contributed by atoms with van der Waals surface area (Å²) in [4.78, 5) is 11.7. The molecule has 0 aromatic heterocycles. The third kappa shape index (κ3) is 2.67. The molecule has 0 unspecified atom stereocenters. The van der Waals surface area contributed by atoms with Crippen LogP contribution in [0.1, 0.15) is 17.0 Å². The van der Waals surface area contributed by atoms with Crippen LogP contribution in [0.15, 0.2) is 66.9 Å². The molecule has 0 saturated heterocycles. The van der Waals surface area contributed by atoms with E-state index in [0.29, 0.717) is 13.2 Å². The fourth-order valence-electron chi connectivity index (χ4n) is 2.86. The van der Waals surface area contributed by atoms with Gasteiger partial charge >= 0.3 is 6.09 Å². The van der Waals surface area contributed by atoms with Gasteiger partial charge in [-0.25, -0.2) is 4.79 Å². The van der Waals surface area contributed by atoms with E-state index in [0.717, 1.165) is 0 Å².